The Morgan fingerprint density at radius 1 is 0.481 bits per heavy atom. The third-order valence-electron chi connectivity index (χ3n) is 18.3. The molecule has 6 saturated carbocycles. The van der Waals surface area contributed by atoms with E-state index in [1.54, 1.807) is 27.7 Å². The van der Waals surface area contributed by atoms with Crippen LogP contribution in [-0.4, -0.2) is 251 Å². The van der Waals surface area contributed by atoms with Crippen LogP contribution in [0, 0.1) is 38.2 Å². The molecule has 6 aliphatic carbocycles. The normalized spacial score (nSPS) is 35.1. The van der Waals surface area contributed by atoms with E-state index in [9.17, 15) is 54.0 Å². The highest BCUT2D eigenvalue weighted by Crippen LogP contribution is 2.48. The van der Waals surface area contributed by atoms with E-state index in [4.69, 9.17) is 50.8 Å². The first-order valence-corrected chi connectivity index (χ1v) is 36.5. The van der Waals surface area contributed by atoms with E-state index in [0.717, 1.165) is 29.8 Å². The lowest BCUT2D eigenvalue weighted by molar-refractivity contribution is -0.0629. The summed E-state index contributed by atoms with van der Waals surface area (Å²) in [5.74, 6) is -7.87. The second-order valence-corrected chi connectivity index (χ2v) is 27.9. The van der Waals surface area contributed by atoms with E-state index in [-0.39, 0.29) is 128 Å². The number of aryl methyl sites for hydroxylation is 3. The third-order valence-corrected chi connectivity index (χ3v) is 20.6. The largest absolute Gasteiger partial charge is 0.394 e. The molecule has 108 heavy (non-hydrogen) atoms. The Bertz CT molecular complexity index is 5760. The van der Waals surface area contributed by atoms with Crippen molar-refractivity contribution in [1.29, 1.82) is 0 Å². The average Bonchev–Trinajstić information content (AvgIpc) is 1.52. The molecule has 6 heterocycles. The van der Waals surface area contributed by atoms with Gasteiger partial charge in [0.05, 0.1) is 84.2 Å². The molecule has 0 saturated heterocycles. The number of aromatic nitrogens is 15. The Labute approximate surface area is 665 Å². The number of benzene rings is 3. The Hall–Kier alpha value is -7.14. The molecule has 0 spiro atoms. The number of nitrogens with one attached hydrogen (secondary N) is 3. The summed E-state index contributed by atoms with van der Waals surface area (Å²) in [5, 5.41) is 125. The first kappa shape index (κ1) is 54.5. The first-order valence-electron chi connectivity index (χ1n) is 45.6. The standard InChI is InChI=1S/3C24H31FN6O4S/c3*1-3-8-36-24-27-22(26-16-10-14(16)13-5-4-12(2)15(25)9-13)19-23(28-24)31(30-29-19)17-11-18(35-7-6-32)21(34)20(17)33/h3*4-5,9,14,16-18,20-21,32-34H,3,6-8,10-11H2,1-2H3,(H,26,27,28)/t3*14-,16+,17+,18-,20-,21+/m000/s1/i6D2,7D2,8D2,10D2,14D;7D2,8D2,10D2,14D;3D2,8D2,10D2,14D. The molecule has 12 N–H and O–H groups in total. The molecular weight excluding hydrogens is 1460 g/mol. The van der Waals surface area contributed by atoms with E-state index in [2.05, 4.69) is 76.8 Å². The molecule has 6 fully saturated rings. The highest BCUT2D eigenvalue weighted by atomic mass is 32.2. The molecule has 6 aliphatic rings. The number of rotatable bonds is 30. The van der Waals surface area contributed by atoms with E-state index in [0.29, 0.717) is 52.0 Å². The van der Waals surface area contributed by atoms with E-state index >= 15 is 0 Å². The van der Waals surface area contributed by atoms with Crippen LogP contribution in [-0.2, 0) is 14.2 Å². The molecule has 3 aromatic carbocycles. The number of hydrogen-bond donors (Lipinski definition) is 12. The Morgan fingerprint density at radius 2 is 0.824 bits per heavy atom. The molecular formula is C72H93F3N18O12S3. The fourth-order valence-electron chi connectivity index (χ4n) is 12.5. The van der Waals surface area contributed by atoms with Crippen molar-refractivity contribution >= 4 is 86.2 Å². The summed E-state index contributed by atoms with van der Waals surface area (Å²) in [6, 6.07) is 5.25. The Morgan fingerprint density at radius 3 is 1.14 bits per heavy atom. The van der Waals surface area contributed by atoms with Gasteiger partial charge < -0.3 is 76.1 Å². The fourth-order valence-corrected chi connectivity index (χ4v) is 14.0. The molecule has 36 heteroatoms. The minimum Gasteiger partial charge on any atom is -0.394 e. The van der Waals surface area contributed by atoms with Crippen molar-refractivity contribution in [2.45, 2.75) is 223 Å². The van der Waals surface area contributed by atoms with Gasteiger partial charge >= 0.3 is 0 Å². The predicted molar refractivity (Wildman–Crippen MR) is 398 cm³/mol. The molecule has 0 unspecified atom stereocenters. The second-order valence-electron chi connectivity index (χ2n) is 25.4. The number of aliphatic hydroxyl groups excluding tert-OH is 8. The monoisotopic (exact) mass is 1580 g/mol. The summed E-state index contributed by atoms with van der Waals surface area (Å²) >= 11 is 1.70. The van der Waals surface area contributed by atoms with Crippen molar-refractivity contribution in [2.75, 3.05) is 72.6 Å². The number of fused-ring (bicyclic) bond motifs is 3. The number of anilines is 3. The highest BCUT2D eigenvalue weighted by Gasteiger charge is 2.49. The van der Waals surface area contributed by atoms with E-state index in [1.165, 1.54) is 52.7 Å². The summed E-state index contributed by atoms with van der Waals surface area (Å²) in [6.07, 6.45) is -21.9. The van der Waals surface area contributed by atoms with Crippen LogP contribution in [0.1, 0.15) is 179 Å². The summed E-state index contributed by atoms with van der Waals surface area (Å²) in [4.78, 5) is 26.1. The minimum atomic E-state index is -3.43. The maximum absolute atomic E-state index is 14.4. The lowest BCUT2D eigenvalue weighted by Gasteiger charge is -2.17. The molecule has 6 aromatic heterocycles. The second kappa shape index (κ2) is 35.1. The molecule has 9 aromatic rings. The fraction of sp³-hybridized carbons (Fsp3) is 0.583. The topological polar surface area (TPSA) is 415 Å². The summed E-state index contributed by atoms with van der Waals surface area (Å²) in [6.45, 7) is -1.58. The van der Waals surface area contributed by atoms with Crippen LogP contribution in [0.15, 0.2) is 70.1 Å². The molecule has 0 radical (unpaired) electrons. The van der Waals surface area contributed by atoms with Crippen LogP contribution >= 0.6 is 35.3 Å². The van der Waals surface area contributed by atoms with Gasteiger partial charge in [-0.25, -0.2) is 57.1 Å². The van der Waals surface area contributed by atoms with Crippen molar-refractivity contribution in [3.05, 3.63) is 105 Å². The number of nitrogens with zero attached hydrogens (tertiary/aromatic N) is 15. The van der Waals surface area contributed by atoms with Crippen LogP contribution in [0.25, 0.3) is 33.5 Å². The van der Waals surface area contributed by atoms with Crippen LogP contribution in [0.3, 0.4) is 0 Å². The van der Waals surface area contributed by atoms with Gasteiger partial charge in [0.2, 0.25) is 0 Å². The van der Waals surface area contributed by atoms with Gasteiger partial charge in [0.1, 0.15) is 54.1 Å². The van der Waals surface area contributed by atoms with Crippen molar-refractivity contribution in [1.82, 2.24) is 74.9 Å². The van der Waals surface area contributed by atoms with Gasteiger partial charge in [0.25, 0.3) is 0 Å². The van der Waals surface area contributed by atoms with Gasteiger partial charge in [-0.15, -0.1) is 15.3 Å². The Kier molecular flexibility index (Phi) is 17.7. The van der Waals surface area contributed by atoms with Crippen molar-refractivity contribution in [2.24, 2.45) is 0 Å². The quantitative estimate of drug-likeness (QED) is 0.0168. The number of aliphatic hydroxyl groups is 9. The summed E-state index contributed by atoms with van der Waals surface area (Å²) < 4.78 is 251. The zero-order valence-corrected chi connectivity index (χ0v) is 60.8. The smallest absolute Gasteiger partial charge is 0.191 e. The van der Waals surface area contributed by atoms with Crippen LogP contribution in [0.5, 0.6) is 0 Å². The highest BCUT2D eigenvalue weighted by molar-refractivity contribution is 7.99. The predicted octanol–water partition coefficient (Wildman–Crippen LogP) is 6.55. The number of ether oxygens (including phenoxy) is 3. The molecule has 0 amide bonds. The van der Waals surface area contributed by atoms with Crippen LogP contribution in [0.2, 0.25) is 0 Å². The molecule has 0 aliphatic heterocycles. The zero-order valence-electron chi connectivity index (χ0n) is 81.3. The maximum atomic E-state index is 14.4. The van der Waals surface area contributed by atoms with Gasteiger partial charge in [-0.1, -0.05) is 108 Å². The van der Waals surface area contributed by atoms with E-state index in [1.807, 2.05) is 0 Å². The molecule has 0 bridgehead atoms. The van der Waals surface area contributed by atoms with Crippen molar-refractivity contribution in [3.63, 3.8) is 0 Å². The summed E-state index contributed by atoms with van der Waals surface area (Å²) in [5.41, 5.74) is -5.08. The SMILES string of the molecule is [2H]C([2H])(C)C([2H])([2H])Sc1nc(N[C@@H]2C([2H])([2H])[C@@]2([2H])c2ccc(C)c(F)c2)c2nnn([C@@H]3C[C@H](OCCO)[C@@H](O)[C@H]3O)c2n1.[2H]C([2H])(CC)Sc1nc(N[C@@H]2C([2H])([2H])[C@@]2([2H])c2ccc(C)c(F)c2)c2nnn([C@@H]3C[C@H](OC([2H])([2H])C([2H])([2H])O)[C@@H](O)[C@H]3O)c2n1.[2H]C([2H])(CO)O[C@H]1C[C@@H](n2nnc3c(N[C@@H]4C([2H])([2H])[C@@]4([2H])c4ccc(C)c(F)c4)nc(SC([2H])([2H])CC)nc32)[C@H](O)[C@@H]1O. The van der Waals surface area contributed by atoms with Gasteiger partial charge in [-0.2, -0.15) is 0 Å². The number of halogens is 3. The maximum Gasteiger partial charge on any atom is 0.191 e. The number of thioether (sulfide) groups is 3. The van der Waals surface area contributed by atoms with Crippen LogP contribution in [0.4, 0.5) is 30.6 Å². The van der Waals surface area contributed by atoms with Crippen LogP contribution < -0.4 is 16.0 Å². The summed E-state index contributed by atoms with van der Waals surface area (Å²) in [7, 11) is 0. The molecule has 30 nitrogen and oxygen atoms in total. The minimum absolute atomic E-state index is 0.00158. The van der Waals surface area contributed by atoms with Crippen molar-refractivity contribution in [3.8, 4) is 0 Å². The number of hydrogen-bond acceptors (Lipinski definition) is 30. The van der Waals surface area contributed by atoms with Gasteiger partial charge in [-0.05, 0) is 111 Å². The lowest BCUT2D eigenvalue weighted by atomic mass is 10.1. The zero-order chi connectivity index (χ0) is 96.9. The lowest BCUT2D eigenvalue weighted by Crippen LogP contribution is -2.33. The molecule has 582 valence electrons. The van der Waals surface area contributed by atoms with Crippen molar-refractivity contribution < 1.29 is 105 Å². The molecule has 15 rings (SSSR count). The van der Waals surface area contributed by atoms with E-state index < -0.39 is 195 Å². The van der Waals surface area contributed by atoms with Gasteiger partial charge in [0.15, 0.2) is 66.4 Å². The third kappa shape index (κ3) is 17.5. The Balaban J connectivity index is 0.000000167. The van der Waals surface area contributed by atoms with Gasteiger partial charge in [0, 0.05) is 95.5 Å². The average molecular weight is 1580 g/mol. The molecule has 18 atom stereocenters. The first-order chi connectivity index (χ1) is 60.5. The van der Waals surface area contributed by atoms with Gasteiger partial charge in [-0.3, -0.25) is 0 Å².